The van der Waals surface area contributed by atoms with Crippen molar-refractivity contribution in [2.75, 3.05) is 27.3 Å². The molecule has 0 saturated carbocycles. The van der Waals surface area contributed by atoms with Crippen LogP contribution in [0.4, 0.5) is 4.39 Å². The smallest absolute Gasteiger partial charge is 0.225 e. The first kappa shape index (κ1) is 17.4. The highest BCUT2D eigenvalue weighted by Crippen LogP contribution is 2.36. The van der Waals surface area contributed by atoms with Crippen LogP contribution in [0, 0.1) is 11.7 Å². The Morgan fingerprint density at radius 1 is 1.43 bits per heavy atom. The van der Waals surface area contributed by atoms with Gasteiger partial charge >= 0.3 is 0 Å². The molecule has 23 heavy (non-hydrogen) atoms. The molecule has 2 unspecified atom stereocenters. The molecule has 0 spiro atoms. The van der Waals surface area contributed by atoms with E-state index in [0.29, 0.717) is 38.0 Å². The molecule has 2 amide bonds. The summed E-state index contributed by atoms with van der Waals surface area (Å²) in [5.41, 5.74) is 0.389. The fourth-order valence-corrected chi connectivity index (χ4v) is 3.01. The number of amides is 2. The molecule has 5 nitrogen and oxygen atoms in total. The van der Waals surface area contributed by atoms with Gasteiger partial charge in [-0.3, -0.25) is 9.59 Å². The molecule has 0 aromatic heterocycles. The van der Waals surface area contributed by atoms with E-state index in [4.69, 9.17) is 4.74 Å². The van der Waals surface area contributed by atoms with Crippen LogP contribution in [0.25, 0.3) is 0 Å². The average Bonchev–Trinajstić information content (AvgIpc) is 2.55. The minimum absolute atomic E-state index is 0.0679. The van der Waals surface area contributed by atoms with Crippen LogP contribution in [-0.2, 0) is 14.3 Å². The number of nitrogens with zero attached hydrogens (tertiary/aromatic N) is 1. The fraction of sp³-hybridized carbons (Fsp3) is 0.529. The minimum atomic E-state index is -0.570. The van der Waals surface area contributed by atoms with Gasteiger partial charge in [-0.25, -0.2) is 4.39 Å². The van der Waals surface area contributed by atoms with Gasteiger partial charge in [0.1, 0.15) is 5.82 Å². The number of ether oxygens (including phenoxy) is 1. The number of rotatable bonds is 6. The lowest BCUT2D eigenvalue weighted by Crippen LogP contribution is -2.46. The summed E-state index contributed by atoms with van der Waals surface area (Å²) in [6, 6.07) is 5.75. The lowest BCUT2D eigenvalue weighted by atomic mass is 9.83. The second kappa shape index (κ2) is 8.06. The Morgan fingerprint density at radius 2 is 2.17 bits per heavy atom. The van der Waals surface area contributed by atoms with E-state index in [-0.39, 0.29) is 11.8 Å². The molecule has 1 fully saturated rings. The van der Waals surface area contributed by atoms with Gasteiger partial charge in [-0.1, -0.05) is 18.2 Å². The Bertz CT molecular complexity index is 565. The number of hydrogen-bond acceptors (Lipinski definition) is 3. The van der Waals surface area contributed by atoms with Crippen LogP contribution < -0.4 is 5.32 Å². The average molecular weight is 322 g/mol. The molecule has 1 aromatic carbocycles. The third-order valence-corrected chi connectivity index (χ3v) is 4.25. The van der Waals surface area contributed by atoms with Crippen LogP contribution in [-0.4, -0.2) is 44.0 Å². The molecule has 2 rings (SSSR count). The first-order valence-corrected chi connectivity index (χ1v) is 7.83. The number of nitrogens with one attached hydrogen (secondary N) is 1. The summed E-state index contributed by atoms with van der Waals surface area (Å²) in [5, 5.41) is 2.86. The summed E-state index contributed by atoms with van der Waals surface area (Å²) in [7, 11) is 3.24. The molecule has 0 bridgehead atoms. The number of halogens is 1. The zero-order valence-electron chi connectivity index (χ0n) is 13.5. The SMILES string of the molecule is COCCCNC(=O)C1CCC(=O)N(C)C1c1ccccc1F. The van der Waals surface area contributed by atoms with Crippen LogP contribution in [0.15, 0.2) is 24.3 Å². The van der Waals surface area contributed by atoms with Gasteiger partial charge in [-0.2, -0.15) is 0 Å². The summed E-state index contributed by atoms with van der Waals surface area (Å²) < 4.78 is 19.1. The van der Waals surface area contributed by atoms with Gasteiger partial charge in [0.05, 0.1) is 12.0 Å². The molecular weight excluding hydrogens is 299 g/mol. The van der Waals surface area contributed by atoms with Gasteiger partial charge in [0.2, 0.25) is 11.8 Å². The van der Waals surface area contributed by atoms with E-state index in [9.17, 15) is 14.0 Å². The molecular formula is C17H23FN2O3. The topological polar surface area (TPSA) is 58.6 Å². The highest BCUT2D eigenvalue weighted by atomic mass is 19.1. The largest absolute Gasteiger partial charge is 0.385 e. The Balaban J connectivity index is 2.17. The molecule has 1 saturated heterocycles. The van der Waals surface area contributed by atoms with Crippen molar-refractivity contribution in [2.24, 2.45) is 5.92 Å². The number of likely N-dealkylation sites (tertiary alicyclic amines) is 1. The predicted molar refractivity (Wildman–Crippen MR) is 84.1 cm³/mol. The Labute approximate surface area is 135 Å². The first-order valence-electron chi connectivity index (χ1n) is 7.83. The molecule has 2 atom stereocenters. The van der Waals surface area contributed by atoms with Crippen LogP contribution in [0.5, 0.6) is 0 Å². The monoisotopic (exact) mass is 322 g/mol. The van der Waals surface area contributed by atoms with Crippen LogP contribution in [0.3, 0.4) is 0 Å². The molecule has 6 heteroatoms. The first-order chi connectivity index (χ1) is 11.1. The lowest BCUT2D eigenvalue weighted by Gasteiger charge is -2.38. The van der Waals surface area contributed by atoms with Crippen molar-refractivity contribution < 1.29 is 18.7 Å². The Kier molecular flexibility index (Phi) is 6.10. The lowest BCUT2D eigenvalue weighted by molar-refractivity contribution is -0.141. The van der Waals surface area contributed by atoms with E-state index in [1.165, 1.54) is 11.0 Å². The normalized spacial score (nSPS) is 21.3. The zero-order chi connectivity index (χ0) is 16.8. The molecule has 1 heterocycles. The quantitative estimate of drug-likeness (QED) is 0.814. The van der Waals surface area contributed by atoms with Gasteiger partial charge in [-0.15, -0.1) is 0 Å². The molecule has 1 aliphatic heterocycles. The standard InChI is InChI=1S/C17H23FN2O3/c1-20-15(21)9-8-13(17(22)19-10-5-11-23-2)16(20)12-6-3-4-7-14(12)18/h3-4,6-7,13,16H,5,8-11H2,1-2H3,(H,19,22). The molecule has 1 aliphatic rings. The van der Waals surface area contributed by atoms with Crippen LogP contribution >= 0.6 is 0 Å². The zero-order valence-corrected chi connectivity index (χ0v) is 13.5. The summed E-state index contributed by atoms with van der Waals surface area (Å²) in [6.45, 7) is 1.07. The number of methoxy groups -OCH3 is 1. The van der Waals surface area contributed by atoms with Gasteiger partial charge in [0.25, 0.3) is 0 Å². The number of carbonyl (C=O) groups excluding carboxylic acids is 2. The van der Waals surface area contributed by atoms with Crippen LogP contribution in [0.1, 0.15) is 30.9 Å². The maximum atomic E-state index is 14.2. The molecule has 1 N–H and O–H groups in total. The van der Waals surface area contributed by atoms with E-state index in [1.807, 2.05) is 0 Å². The molecule has 126 valence electrons. The highest BCUT2D eigenvalue weighted by Gasteiger charge is 2.39. The maximum Gasteiger partial charge on any atom is 0.225 e. The van der Waals surface area contributed by atoms with E-state index >= 15 is 0 Å². The van der Waals surface area contributed by atoms with Crippen molar-refractivity contribution >= 4 is 11.8 Å². The maximum absolute atomic E-state index is 14.2. The summed E-state index contributed by atoms with van der Waals surface area (Å²) in [6.07, 6.45) is 1.45. The highest BCUT2D eigenvalue weighted by molar-refractivity contribution is 5.84. The van der Waals surface area contributed by atoms with Gasteiger partial charge in [-0.05, 0) is 18.9 Å². The number of piperidine rings is 1. The molecule has 0 radical (unpaired) electrons. The number of benzene rings is 1. The minimum Gasteiger partial charge on any atom is -0.385 e. The Morgan fingerprint density at radius 3 is 2.87 bits per heavy atom. The fourth-order valence-electron chi connectivity index (χ4n) is 3.01. The predicted octanol–water partition coefficient (Wildman–Crippen LogP) is 1.89. The van der Waals surface area contributed by atoms with Gasteiger partial charge in [0.15, 0.2) is 0 Å². The van der Waals surface area contributed by atoms with Gasteiger partial charge < -0.3 is 15.0 Å². The van der Waals surface area contributed by atoms with Crippen molar-refractivity contribution in [1.29, 1.82) is 0 Å². The van der Waals surface area contributed by atoms with Crippen molar-refractivity contribution in [3.63, 3.8) is 0 Å². The third kappa shape index (κ3) is 4.07. The summed E-state index contributed by atoms with van der Waals surface area (Å²) >= 11 is 0. The number of carbonyl (C=O) groups is 2. The third-order valence-electron chi connectivity index (χ3n) is 4.25. The van der Waals surface area contributed by atoms with E-state index in [2.05, 4.69) is 5.32 Å². The van der Waals surface area contributed by atoms with E-state index < -0.39 is 17.8 Å². The molecule has 0 aliphatic carbocycles. The van der Waals surface area contributed by atoms with Gasteiger partial charge in [0, 0.05) is 39.3 Å². The number of hydrogen-bond donors (Lipinski definition) is 1. The summed E-state index contributed by atoms with van der Waals surface area (Å²) in [5.74, 6) is -1.05. The second-order valence-corrected chi connectivity index (χ2v) is 5.75. The molecule has 1 aromatic rings. The summed E-state index contributed by atoms with van der Waals surface area (Å²) in [4.78, 5) is 26.0. The van der Waals surface area contributed by atoms with Crippen molar-refractivity contribution in [3.8, 4) is 0 Å². The second-order valence-electron chi connectivity index (χ2n) is 5.75. The van der Waals surface area contributed by atoms with E-state index in [0.717, 1.165) is 0 Å². The van der Waals surface area contributed by atoms with E-state index in [1.54, 1.807) is 32.4 Å². The van der Waals surface area contributed by atoms with Crippen LogP contribution in [0.2, 0.25) is 0 Å². The Hall–Kier alpha value is -1.95. The van der Waals surface area contributed by atoms with Crippen molar-refractivity contribution in [3.05, 3.63) is 35.6 Å². The van der Waals surface area contributed by atoms with Crippen molar-refractivity contribution in [2.45, 2.75) is 25.3 Å². The van der Waals surface area contributed by atoms with Crippen molar-refractivity contribution in [1.82, 2.24) is 10.2 Å².